The van der Waals surface area contributed by atoms with Crippen LogP contribution in [-0.2, 0) is 9.62 Å². The van der Waals surface area contributed by atoms with E-state index in [0.29, 0.717) is 0 Å². The van der Waals surface area contributed by atoms with Gasteiger partial charge >= 0.3 is 0 Å². The molecule has 0 spiro atoms. The second kappa shape index (κ2) is 2.87. The molecule has 2 nitrogen and oxygen atoms in total. The van der Waals surface area contributed by atoms with Crippen LogP contribution in [0.2, 0.25) is 0 Å². The van der Waals surface area contributed by atoms with Gasteiger partial charge in [0, 0.05) is 20.4 Å². The summed E-state index contributed by atoms with van der Waals surface area (Å²) in [6.07, 6.45) is 1.99. The third-order valence-electron chi connectivity index (χ3n) is 1.06. The second-order valence-electron chi connectivity index (χ2n) is 1.43. The van der Waals surface area contributed by atoms with Crippen molar-refractivity contribution in [3.63, 3.8) is 0 Å². The quantitative estimate of drug-likeness (QED) is 0.517. The molecule has 0 aliphatic carbocycles. The molecular weight excluding hydrogens is 120 g/mol. The van der Waals surface area contributed by atoms with E-state index in [4.69, 9.17) is 0 Å². The zero-order chi connectivity index (χ0) is 6.62. The Bertz CT molecular complexity index is 171. The highest BCUT2D eigenvalue weighted by Gasteiger charge is 1.82. The average molecular weight is 132 g/mol. The number of hydrogen-bond acceptors (Lipinski definition) is 2. The molecule has 0 atom stereocenters. The number of rotatable bonds is 1. The Morgan fingerprint density at radius 2 is 1.75 bits per heavy atom. The maximum absolute atomic E-state index is 4.06. The predicted octanol–water partition coefficient (Wildman–Crippen LogP) is 1.54. The first-order chi connectivity index (χ1) is 3.68. The lowest BCUT2D eigenvalue weighted by atomic mass is 11.3. The maximum Gasteiger partial charge on any atom is 0.0359 e. The molecular formula is C5H12N2S. The smallest absolute Gasteiger partial charge is 0.0359 e. The van der Waals surface area contributed by atoms with Crippen molar-refractivity contribution < 1.29 is 0 Å². The van der Waals surface area contributed by atoms with Crippen molar-refractivity contribution in [2.24, 2.45) is 8.73 Å². The van der Waals surface area contributed by atoms with E-state index in [1.54, 1.807) is 19.5 Å². The van der Waals surface area contributed by atoms with Gasteiger partial charge < -0.3 is 0 Å². The summed E-state index contributed by atoms with van der Waals surface area (Å²) in [4.78, 5) is 0. The third kappa shape index (κ3) is 1.66. The van der Waals surface area contributed by atoms with Crippen LogP contribution < -0.4 is 0 Å². The lowest BCUT2D eigenvalue weighted by Crippen LogP contribution is -1.86. The van der Waals surface area contributed by atoms with Gasteiger partial charge in [-0.25, -0.2) is 0 Å². The predicted molar refractivity (Wildman–Crippen MR) is 40.2 cm³/mol. The fourth-order valence-electron chi connectivity index (χ4n) is 0.231. The van der Waals surface area contributed by atoms with E-state index in [1.807, 2.05) is 6.26 Å². The first-order valence-electron chi connectivity index (χ1n) is 2.31. The van der Waals surface area contributed by atoms with Crippen LogP contribution in [-0.4, -0.2) is 20.4 Å². The first kappa shape index (κ1) is 7.69. The first-order valence-corrected chi connectivity index (χ1v) is 4.33. The number of nitrogens with zero attached hydrogens (tertiary/aromatic N) is 2. The minimum Gasteiger partial charge on any atom is -0.254 e. The van der Waals surface area contributed by atoms with Crippen molar-refractivity contribution in [3.05, 3.63) is 12.0 Å². The highest BCUT2D eigenvalue weighted by Crippen LogP contribution is 1.93. The topological polar surface area (TPSA) is 24.7 Å². The molecule has 0 rings (SSSR count). The molecule has 0 aromatic carbocycles. The van der Waals surface area contributed by atoms with E-state index in [2.05, 4.69) is 15.3 Å². The van der Waals surface area contributed by atoms with Gasteiger partial charge in [-0.15, -0.1) is 0 Å². The van der Waals surface area contributed by atoms with E-state index in [1.165, 1.54) is 0 Å². The Labute approximate surface area is 51.4 Å². The van der Waals surface area contributed by atoms with Crippen molar-refractivity contribution in [2.75, 3.05) is 20.4 Å². The summed E-state index contributed by atoms with van der Waals surface area (Å²) in [6, 6.07) is 0. The molecule has 0 bridgehead atoms. The number of hydrogen-bond donors (Lipinski definition) is 0. The Hall–Kier alpha value is -0.310. The van der Waals surface area contributed by atoms with Gasteiger partial charge in [0.2, 0.25) is 0 Å². The van der Waals surface area contributed by atoms with Crippen molar-refractivity contribution >= 4 is 9.62 Å². The van der Waals surface area contributed by atoms with Crippen molar-refractivity contribution in [2.45, 2.75) is 0 Å². The van der Waals surface area contributed by atoms with Crippen LogP contribution in [0.25, 0.3) is 0 Å². The van der Waals surface area contributed by atoms with Gasteiger partial charge in [0.25, 0.3) is 0 Å². The molecule has 0 aliphatic rings. The van der Waals surface area contributed by atoms with Crippen LogP contribution in [0, 0.1) is 0 Å². The molecule has 0 saturated carbocycles. The van der Waals surface area contributed by atoms with Gasteiger partial charge in [-0.1, -0.05) is 6.58 Å². The second-order valence-corrected chi connectivity index (χ2v) is 4.28. The van der Waals surface area contributed by atoms with E-state index in [9.17, 15) is 0 Å². The molecule has 0 fully saturated rings. The molecule has 0 aromatic rings. The molecule has 48 valence electrons. The van der Waals surface area contributed by atoms with Crippen molar-refractivity contribution in [1.29, 1.82) is 0 Å². The highest BCUT2D eigenvalue weighted by molar-refractivity contribution is 7.97. The Morgan fingerprint density at radius 3 is 1.75 bits per heavy atom. The summed E-state index contributed by atoms with van der Waals surface area (Å²) in [7, 11) is 2.40. The molecule has 0 unspecified atom stereocenters. The van der Waals surface area contributed by atoms with E-state index in [0.717, 1.165) is 0 Å². The Kier molecular flexibility index (Phi) is 2.76. The molecule has 3 heteroatoms. The van der Waals surface area contributed by atoms with E-state index in [-0.39, 0.29) is 0 Å². The Balaban J connectivity index is 4.80. The molecule has 8 heavy (non-hydrogen) atoms. The van der Waals surface area contributed by atoms with Gasteiger partial charge in [-0.3, -0.25) is 8.73 Å². The molecule has 0 aliphatic heterocycles. The van der Waals surface area contributed by atoms with E-state index >= 15 is 0 Å². The highest BCUT2D eigenvalue weighted by atomic mass is 32.2. The SMILES string of the molecule is C=CS(C)(=NC)=NC. The molecule has 0 aromatic heterocycles. The largest absolute Gasteiger partial charge is 0.254 e. The standard InChI is InChI=1S/C5H12N2S/c1-5-8(4,6-2)7-3/h5H,1H2,2-4H3. The zero-order valence-electron chi connectivity index (χ0n) is 5.59. The summed E-state index contributed by atoms with van der Waals surface area (Å²) in [6.45, 7) is 3.62. The average Bonchev–Trinajstić information content (AvgIpc) is 1.87. The minimum absolute atomic E-state index is 1.14. The van der Waals surface area contributed by atoms with Crippen LogP contribution >= 0.6 is 0 Å². The molecule has 0 radical (unpaired) electrons. The lowest BCUT2D eigenvalue weighted by molar-refractivity contribution is 1.45. The van der Waals surface area contributed by atoms with Gasteiger partial charge in [0.15, 0.2) is 0 Å². The summed E-state index contributed by atoms with van der Waals surface area (Å²) in [5.41, 5.74) is 0. The third-order valence-corrected chi connectivity index (χ3v) is 3.17. The van der Waals surface area contributed by atoms with Crippen LogP contribution in [0.3, 0.4) is 0 Å². The van der Waals surface area contributed by atoms with Crippen LogP contribution in [0.1, 0.15) is 0 Å². The fraction of sp³-hybridized carbons (Fsp3) is 0.600. The zero-order valence-corrected chi connectivity index (χ0v) is 6.40. The van der Waals surface area contributed by atoms with Crippen LogP contribution in [0.4, 0.5) is 0 Å². The summed E-state index contributed by atoms with van der Waals surface area (Å²) in [5.74, 6) is 0. The molecule has 0 amide bonds. The van der Waals surface area contributed by atoms with Gasteiger partial charge in [0.1, 0.15) is 0 Å². The molecule has 0 heterocycles. The molecule has 0 saturated heterocycles. The minimum atomic E-state index is -1.14. The van der Waals surface area contributed by atoms with Gasteiger partial charge in [-0.05, 0) is 15.0 Å². The van der Waals surface area contributed by atoms with Crippen molar-refractivity contribution in [3.8, 4) is 0 Å². The molecule has 0 N–H and O–H groups in total. The van der Waals surface area contributed by atoms with Crippen molar-refractivity contribution in [1.82, 2.24) is 0 Å². The lowest BCUT2D eigenvalue weighted by Gasteiger charge is -1.97. The summed E-state index contributed by atoms with van der Waals surface area (Å²) in [5, 5.41) is 1.80. The van der Waals surface area contributed by atoms with Crippen LogP contribution in [0.5, 0.6) is 0 Å². The van der Waals surface area contributed by atoms with Crippen LogP contribution in [0.15, 0.2) is 20.7 Å². The Morgan fingerprint density at radius 1 is 1.38 bits per heavy atom. The summed E-state index contributed by atoms with van der Waals surface area (Å²) >= 11 is 0. The van der Waals surface area contributed by atoms with E-state index < -0.39 is 9.62 Å². The van der Waals surface area contributed by atoms with Gasteiger partial charge in [-0.2, -0.15) is 0 Å². The maximum atomic E-state index is 4.06. The normalized spacial score (nSPS) is 10.4. The fourth-order valence-corrected chi connectivity index (χ4v) is 0.692. The monoisotopic (exact) mass is 132 g/mol. The van der Waals surface area contributed by atoms with Gasteiger partial charge in [0.05, 0.1) is 0 Å². The summed E-state index contributed by atoms with van der Waals surface area (Å²) < 4.78 is 8.11.